The monoisotopic (exact) mass is 411 g/mol. The molecule has 1 aromatic heterocycles. The van der Waals surface area contributed by atoms with Gasteiger partial charge in [-0.25, -0.2) is 9.11 Å². The maximum atomic E-state index is 13.4. The zero-order valence-corrected chi connectivity index (χ0v) is 17.1. The van der Waals surface area contributed by atoms with Gasteiger partial charge in [0.25, 0.3) is 0 Å². The van der Waals surface area contributed by atoms with Gasteiger partial charge >= 0.3 is 0 Å². The van der Waals surface area contributed by atoms with Crippen LogP contribution in [0.5, 0.6) is 0 Å². The van der Waals surface area contributed by atoms with Crippen molar-refractivity contribution in [3.8, 4) is 6.07 Å². The van der Waals surface area contributed by atoms with Crippen LogP contribution in [0.15, 0.2) is 45.7 Å². The fourth-order valence-corrected chi connectivity index (χ4v) is 4.12. The molecule has 4 rings (SSSR count). The molecule has 1 fully saturated rings. The minimum absolute atomic E-state index is 0.143. The average Bonchev–Trinajstić information content (AvgIpc) is 3.37. The van der Waals surface area contributed by atoms with Gasteiger partial charge in [-0.2, -0.15) is 5.26 Å². The molecule has 1 saturated carbocycles. The number of hydrogen-bond acceptors (Lipinski definition) is 5. The first-order valence-corrected chi connectivity index (χ1v) is 10.5. The van der Waals surface area contributed by atoms with E-state index in [1.54, 1.807) is 6.07 Å². The molecule has 1 aliphatic rings. The summed E-state index contributed by atoms with van der Waals surface area (Å²) in [6.45, 7) is 4.12. The summed E-state index contributed by atoms with van der Waals surface area (Å²) in [4.78, 5) is 13.6. The van der Waals surface area contributed by atoms with Gasteiger partial charge in [0.15, 0.2) is 0 Å². The van der Waals surface area contributed by atoms with Gasteiger partial charge in [-0.05, 0) is 67.5 Å². The highest BCUT2D eigenvalue weighted by atomic mass is 32.2. The second kappa shape index (κ2) is 7.69. The number of nitrogens with one attached hydrogen (secondary N) is 2. The lowest BCUT2D eigenvalue weighted by atomic mass is 10.0. The molecular formula is C22H22FN3O2S. The summed E-state index contributed by atoms with van der Waals surface area (Å²) in [7, 11) is 0. The van der Waals surface area contributed by atoms with Crippen molar-refractivity contribution in [2.75, 3.05) is 0 Å². The SMILES string of the molecule is CC(C)CC(NSc1ccc2oc3cc(F)ccc3c2c1)C(=O)NC1(C#N)CC1. The van der Waals surface area contributed by atoms with E-state index in [-0.39, 0.29) is 11.7 Å². The predicted molar refractivity (Wildman–Crippen MR) is 112 cm³/mol. The summed E-state index contributed by atoms with van der Waals surface area (Å²) in [5.74, 6) is -0.150. The quantitative estimate of drug-likeness (QED) is 0.540. The van der Waals surface area contributed by atoms with E-state index in [9.17, 15) is 14.4 Å². The van der Waals surface area contributed by atoms with E-state index in [0.717, 1.165) is 15.7 Å². The molecule has 5 nitrogen and oxygen atoms in total. The summed E-state index contributed by atoms with van der Waals surface area (Å²) in [5, 5.41) is 13.9. The van der Waals surface area contributed by atoms with Gasteiger partial charge in [0.05, 0.1) is 12.1 Å². The van der Waals surface area contributed by atoms with Crippen LogP contribution in [0, 0.1) is 23.1 Å². The van der Waals surface area contributed by atoms with E-state index in [2.05, 4.69) is 30.0 Å². The van der Waals surface area contributed by atoms with Crippen LogP contribution in [-0.4, -0.2) is 17.5 Å². The van der Waals surface area contributed by atoms with Crippen molar-refractivity contribution in [1.29, 1.82) is 5.26 Å². The predicted octanol–water partition coefficient (Wildman–Crippen LogP) is 4.91. The summed E-state index contributed by atoms with van der Waals surface area (Å²) in [6, 6.07) is 12.0. The summed E-state index contributed by atoms with van der Waals surface area (Å²) in [6.07, 6.45) is 2.08. The highest BCUT2D eigenvalue weighted by molar-refractivity contribution is 7.97. The number of nitrogens with zero attached hydrogens (tertiary/aromatic N) is 1. The Morgan fingerprint density at radius 2 is 2.03 bits per heavy atom. The minimum Gasteiger partial charge on any atom is -0.456 e. The molecule has 0 radical (unpaired) electrons. The fraction of sp³-hybridized carbons (Fsp3) is 0.364. The smallest absolute Gasteiger partial charge is 0.239 e. The Kier molecular flexibility index (Phi) is 5.24. The number of carbonyl (C=O) groups is 1. The molecule has 0 saturated heterocycles. The molecule has 1 atom stereocenters. The molecule has 1 amide bonds. The van der Waals surface area contributed by atoms with Crippen LogP contribution in [0.4, 0.5) is 4.39 Å². The van der Waals surface area contributed by atoms with Gasteiger partial charge in [0.2, 0.25) is 5.91 Å². The molecule has 7 heteroatoms. The van der Waals surface area contributed by atoms with E-state index in [0.29, 0.717) is 36.3 Å². The van der Waals surface area contributed by atoms with Crippen LogP contribution in [-0.2, 0) is 4.79 Å². The first-order valence-electron chi connectivity index (χ1n) is 9.66. The Balaban J connectivity index is 1.52. The zero-order chi connectivity index (χ0) is 20.6. The van der Waals surface area contributed by atoms with Crippen molar-refractivity contribution in [2.24, 2.45) is 5.92 Å². The largest absolute Gasteiger partial charge is 0.456 e. The molecule has 0 aliphatic heterocycles. The number of amides is 1. The van der Waals surface area contributed by atoms with Gasteiger partial charge in [-0.15, -0.1) is 0 Å². The van der Waals surface area contributed by atoms with Crippen molar-refractivity contribution < 1.29 is 13.6 Å². The Bertz CT molecular complexity index is 1110. The van der Waals surface area contributed by atoms with Gasteiger partial charge in [-0.1, -0.05) is 13.8 Å². The van der Waals surface area contributed by atoms with Gasteiger partial charge < -0.3 is 9.73 Å². The lowest BCUT2D eigenvalue weighted by Gasteiger charge is -2.21. The number of furan rings is 1. The summed E-state index contributed by atoms with van der Waals surface area (Å²) in [5.41, 5.74) is 0.525. The van der Waals surface area contributed by atoms with Crippen LogP contribution < -0.4 is 10.0 Å². The van der Waals surface area contributed by atoms with Crippen molar-refractivity contribution in [3.63, 3.8) is 0 Å². The van der Waals surface area contributed by atoms with Gasteiger partial charge in [0, 0.05) is 21.7 Å². The molecule has 1 unspecified atom stereocenters. The Labute approximate surface area is 172 Å². The highest BCUT2D eigenvalue weighted by Gasteiger charge is 2.45. The number of benzene rings is 2. The van der Waals surface area contributed by atoms with E-state index in [4.69, 9.17) is 4.42 Å². The van der Waals surface area contributed by atoms with Crippen molar-refractivity contribution >= 4 is 39.8 Å². The molecular weight excluding hydrogens is 389 g/mol. The van der Waals surface area contributed by atoms with Crippen LogP contribution in [0.1, 0.15) is 33.1 Å². The normalized spacial score (nSPS) is 16.1. The Morgan fingerprint density at radius 1 is 1.24 bits per heavy atom. The topological polar surface area (TPSA) is 78.1 Å². The summed E-state index contributed by atoms with van der Waals surface area (Å²) < 4.78 is 22.4. The number of fused-ring (bicyclic) bond motifs is 3. The first-order chi connectivity index (χ1) is 13.9. The lowest BCUT2D eigenvalue weighted by molar-refractivity contribution is -0.123. The minimum atomic E-state index is -0.678. The standard InChI is InChI=1S/C22H22FN3O2S/c1-13(2)9-18(21(27)25-22(12-24)7-8-22)26-29-15-4-6-19-17(11-15)16-5-3-14(23)10-20(16)28-19/h3-6,10-11,13,18,26H,7-9H2,1-2H3,(H,25,27). The molecule has 150 valence electrons. The molecule has 3 aromatic rings. The average molecular weight is 412 g/mol. The maximum Gasteiger partial charge on any atom is 0.239 e. The van der Waals surface area contributed by atoms with Crippen LogP contribution in [0.3, 0.4) is 0 Å². The number of nitriles is 1. The molecule has 0 bridgehead atoms. The number of hydrogen-bond donors (Lipinski definition) is 2. The highest BCUT2D eigenvalue weighted by Crippen LogP contribution is 2.35. The van der Waals surface area contributed by atoms with E-state index in [1.165, 1.54) is 24.1 Å². The van der Waals surface area contributed by atoms with Crippen LogP contribution in [0.2, 0.25) is 0 Å². The third-order valence-electron chi connectivity index (χ3n) is 5.07. The van der Waals surface area contributed by atoms with Crippen molar-refractivity contribution in [2.45, 2.75) is 49.6 Å². The maximum absolute atomic E-state index is 13.4. The number of rotatable bonds is 7. The van der Waals surface area contributed by atoms with Crippen LogP contribution >= 0.6 is 11.9 Å². The third-order valence-corrected chi connectivity index (χ3v) is 5.97. The van der Waals surface area contributed by atoms with E-state index >= 15 is 0 Å². The van der Waals surface area contributed by atoms with Crippen molar-refractivity contribution in [3.05, 3.63) is 42.2 Å². The van der Waals surface area contributed by atoms with E-state index in [1.807, 2.05) is 18.2 Å². The second-order valence-electron chi connectivity index (χ2n) is 7.99. The molecule has 2 aromatic carbocycles. The lowest BCUT2D eigenvalue weighted by Crippen LogP contribution is -2.47. The van der Waals surface area contributed by atoms with Crippen LogP contribution in [0.25, 0.3) is 21.9 Å². The molecule has 0 spiro atoms. The fourth-order valence-electron chi connectivity index (χ4n) is 3.33. The molecule has 29 heavy (non-hydrogen) atoms. The number of halogens is 1. The zero-order valence-electron chi connectivity index (χ0n) is 16.3. The molecule has 2 N–H and O–H groups in total. The summed E-state index contributed by atoms with van der Waals surface area (Å²) >= 11 is 1.37. The van der Waals surface area contributed by atoms with Gasteiger partial charge in [-0.3, -0.25) is 4.79 Å². The Hall–Kier alpha value is -2.56. The molecule has 1 aliphatic carbocycles. The first kappa shape index (κ1) is 19.7. The molecule has 1 heterocycles. The number of carbonyl (C=O) groups excluding carboxylic acids is 1. The van der Waals surface area contributed by atoms with Crippen molar-refractivity contribution in [1.82, 2.24) is 10.0 Å². The Morgan fingerprint density at radius 3 is 2.72 bits per heavy atom. The van der Waals surface area contributed by atoms with Gasteiger partial charge in [0.1, 0.15) is 22.5 Å². The third kappa shape index (κ3) is 4.24. The second-order valence-corrected chi connectivity index (χ2v) is 8.90. The van der Waals surface area contributed by atoms with E-state index < -0.39 is 11.6 Å².